The van der Waals surface area contributed by atoms with Crippen LogP contribution < -0.4 is 15.4 Å². The molecule has 1 aliphatic heterocycles. The molecule has 0 radical (unpaired) electrons. The van der Waals surface area contributed by atoms with Gasteiger partial charge in [0.2, 0.25) is 5.91 Å². The first-order chi connectivity index (χ1) is 9.56. The topological polar surface area (TPSA) is 50.4 Å². The lowest BCUT2D eigenvalue weighted by Gasteiger charge is -2.18. The second kappa shape index (κ2) is 8.25. The number of carbonyl (C=O) groups excluding carboxylic acids is 1. The molecule has 0 aliphatic carbocycles. The molecule has 0 saturated carbocycles. The Morgan fingerprint density at radius 3 is 2.48 bits per heavy atom. The van der Waals surface area contributed by atoms with Crippen LogP contribution >= 0.6 is 12.4 Å². The lowest BCUT2D eigenvalue weighted by atomic mass is 10.1. The summed E-state index contributed by atoms with van der Waals surface area (Å²) >= 11 is 0. The summed E-state index contributed by atoms with van der Waals surface area (Å²) in [7, 11) is 0. The molecule has 1 heterocycles. The highest BCUT2D eigenvalue weighted by molar-refractivity contribution is 5.85. The van der Waals surface area contributed by atoms with Crippen molar-refractivity contribution in [3.63, 3.8) is 0 Å². The molecule has 4 nitrogen and oxygen atoms in total. The maximum Gasteiger partial charge on any atom is 0.224 e. The molecule has 2 atom stereocenters. The van der Waals surface area contributed by atoms with Crippen molar-refractivity contribution in [3.8, 4) is 5.75 Å². The van der Waals surface area contributed by atoms with Crippen molar-refractivity contribution in [2.75, 3.05) is 13.1 Å². The molecule has 2 rings (SSSR count). The van der Waals surface area contributed by atoms with Crippen molar-refractivity contribution in [1.29, 1.82) is 0 Å². The predicted octanol–water partition coefficient (Wildman–Crippen LogP) is 2.68. The van der Waals surface area contributed by atoms with Gasteiger partial charge in [-0.1, -0.05) is 12.1 Å². The van der Waals surface area contributed by atoms with E-state index < -0.39 is 0 Å². The summed E-state index contributed by atoms with van der Waals surface area (Å²) in [6, 6.07) is 7.95. The maximum atomic E-state index is 12.1. The summed E-state index contributed by atoms with van der Waals surface area (Å²) < 4.78 is 5.62. The van der Waals surface area contributed by atoms with Crippen LogP contribution in [-0.2, 0) is 4.79 Å². The van der Waals surface area contributed by atoms with Crippen LogP contribution in [0.5, 0.6) is 5.75 Å². The van der Waals surface area contributed by atoms with Gasteiger partial charge in [0.25, 0.3) is 0 Å². The van der Waals surface area contributed by atoms with E-state index in [1.165, 1.54) is 0 Å². The number of hydrogen-bond acceptors (Lipinski definition) is 3. The number of benzene rings is 1. The Morgan fingerprint density at radius 1 is 1.29 bits per heavy atom. The van der Waals surface area contributed by atoms with Gasteiger partial charge in [0.05, 0.1) is 18.1 Å². The summed E-state index contributed by atoms with van der Waals surface area (Å²) in [6.07, 6.45) is 1.10. The smallest absolute Gasteiger partial charge is 0.224 e. The lowest BCUT2D eigenvalue weighted by Crippen LogP contribution is -2.33. The van der Waals surface area contributed by atoms with Crippen LogP contribution in [0.3, 0.4) is 0 Å². The van der Waals surface area contributed by atoms with E-state index in [-0.39, 0.29) is 36.4 Å². The van der Waals surface area contributed by atoms with Crippen molar-refractivity contribution >= 4 is 18.3 Å². The molecule has 2 N–H and O–H groups in total. The summed E-state index contributed by atoms with van der Waals surface area (Å²) in [5.41, 5.74) is 1.10. The fraction of sp³-hybridized carbons (Fsp3) is 0.562. The average molecular weight is 313 g/mol. The fourth-order valence-electron chi connectivity index (χ4n) is 2.40. The monoisotopic (exact) mass is 312 g/mol. The van der Waals surface area contributed by atoms with Crippen molar-refractivity contribution in [3.05, 3.63) is 29.8 Å². The van der Waals surface area contributed by atoms with Gasteiger partial charge >= 0.3 is 0 Å². The average Bonchev–Trinajstić information content (AvgIpc) is 2.92. The lowest BCUT2D eigenvalue weighted by molar-refractivity contribution is -0.125. The molecular weight excluding hydrogens is 288 g/mol. The highest BCUT2D eigenvalue weighted by Gasteiger charge is 2.23. The first kappa shape index (κ1) is 17.8. The summed E-state index contributed by atoms with van der Waals surface area (Å²) in [5.74, 6) is 1.12. The van der Waals surface area contributed by atoms with Gasteiger partial charge in [0.15, 0.2) is 0 Å². The van der Waals surface area contributed by atoms with Gasteiger partial charge in [-0.05, 0) is 51.4 Å². The van der Waals surface area contributed by atoms with Gasteiger partial charge in [0, 0.05) is 6.54 Å². The molecule has 1 fully saturated rings. The Hall–Kier alpha value is -1.26. The zero-order valence-corrected chi connectivity index (χ0v) is 13.7. The summed E-state index contributed by atoms with van der Waals surface area (Å²) in [6.45, 7) is 7.75. The minimum Gasteiger partial charge on any atom is -0.491 e. The zero-order valence-electron chi connectivity index (χ0n) is 12.9. The highest BCUT2D eigenvalue weighted by Crippen LogP contribution is 2.19. The molecule has 1 aromatic rings. The maximum absolute atomic E-state index is 12.1. The van der Waals surface area contributed by atoms with Crippen LogP contribution in [0.15, 0.2) is 24.3 Å². The van der Waals surface area contributed by atoms with Crippen molar-refractivity contribution in [2.45, 2.75) is 39.3 Å². The molecule has 0 bridgehead atoms. The number of nitrogens with one attached hydrogen (secondary N) is 2. The van der Waals surface area contributed by atoms with E-state index >= 15 is 0 Å². The number of rotatable bonds is 5. The Labute approximate surface area is 133 Å². The Kier molecular flexibility index (Phi) is 6.99. The van der Waals surface area contributed by atoms with Crippen molar-refractivity contribution < 1.29 is 9.53 Å². The van der Waals surface area contributed by atoms with E-state index in [0.29, 0.717) is 0 Å². The van der Waals surface area contributed by atoms with Crippen LogP contribution in [0, 0.1) is 5.92 Å². The molecule has 1 amide bonds. The number of hydrogen-bond donors (Lipinski definition) is 2. The van der Waals surface area contributed by atoms with E-state index in [1.54, 1.807) is 0 Å². The molecule has 5 heteroatoms. The van der Waals surface area contributed by atoms with Crippen molar-refractivity contribution in [2.24, 2.45) is 5.92 Å². The van der Waals surface area contributed by atoms with Crippen LogP contribution in [-0.4, -0.2) is 25.1 Å². The Morgan fingerprint density at radius 2 is 1.95 bits per heavy atom. The third-order valence-electron chi connectivity index (χ3n) is 3.54. The minimum atomic E-state index is 0. The largest absolute Gasteiger partial charge is 0.491 e. The Balaban J connectivity index is 0.00000220. The van der Waals surface area contributed by atoms with Gasteiger partial charge < -0.3 is 15.4 Å². The summed E-state index contributed by atoms with van der Waals surface area (Å²) in [4.78, 5) is 12.1. The number of ether oxygens (including phenoxy) is 1. The van der Waals surface area contributed by atoms with Crippen LogP contribution in [0.2, 0.25) is 0 Å². The molecule has 2 unspecified atom stereocenters. The third kappa shape index (κ3) is 5.21. The van der Waals surface area contributed by atoms with Crippen LogP contribution in [0.1, 0.15) is 38.8 Å². The van der Waals surface area contributed by atoms with Crippen molar-refractivity contribution in [1.82, 2.24) is 10.6 Å². The molecular formula is C16H25ClN2O2. The normalized spacial score (nSPS) is 19.0. The standard InChI is InChI=1S/C16H24N2O2.ClH/c1-11(2)20-15-6-4-13(5-7-15)12(3)18-16(19)14-8-9-17-10-14;/h4-7,11-12,14,17H,8-10H2,1-3H3,(H,18,19);1H. The molecule has 0 spiro atoms. The molecule has 1 aromatic carbocycles. The van der Waals surface area contributed by atoms with E-state index in [1.807, 2.05) is 45.0 Å². The molecule has 118 valence electrons. The first-order valence-corrected chi connectivity index (χ1v) is 7.34. The minimum absolute atomic E-state index is 0. The second-order valence-electron chi connectivity index (χ2n) is 5.66. The fourth-order valence-corrected chi connectivity index (χ4v) is 2.40. The predicted molar refractivity (Wildman–Crippen MR) is 87.0 cm³/mol. The molecule has 1 aliphatic rings. The van der Waals surface area contributed by atoms with Crippen LogP contribution in [0.4, 0.5) is 0 Å². The summed E-state index contributed by atoms with van der Waals surface area (Å²) in [5, 5.41) is 6.29. The molecule has 1 saturated heterocycles. The highest BCUT2D eigenvalue weighted by atomic mass is 35.5. The number of amides is 1. The van der Waals surface area contributed by atoms with Gasteiger partial charge in [-0.15, -0.1) is 12.4 Å². The van der Waals surface area contributed by atoms with E-state index in [2.05, 4.69) is 10.6 Å². The number of halogens is 1. The van der Waals surface area contributed by atoms with E-state index in [0.717, 1.165) is 30.8 Å². The third-order valence-corrected chi connectivity index (χ3v) is 3.54. The number of carbonyl (C=O) groups is 1. The molecule has 0 aromatic heterocycles. The van der Waals surface area contributed by atoms with E-state index in [9.17, 15) is 4.79 Å². The second-order valence-corrected chi connectivity index (χ2v) is 5.66. The quantitative estimate of drug-likeness (QED) is 0.879. The van der Waals surface area contributed by atoms with Crippen LogP contribution in [0.25, 0.3) is 0 Å². The Bertz CT molecular complexity index is 442. The van der Waals surface area contributed by atoms with Gasteiger partial charge in [-0.25, -0.2) is 0 Å². The van der Waals surface area contributed by atoms with Gasteiger partial charge in [-0.3, -0.25) is 4.79 Å². The molecule has 21 heavy (non-hydrogen) atoms. The van der Waals surface area contributed by atoms with E-state index in [4.69, 9.17) is 4.74 Å². The first-order valence-electron chi connectivity index (χ1n) is 7.34. The SMILES string of the molecule is CC(C)Oc1ccc(C(C)NC(=O)C2CCNC2)cc1.Cl. The zero-order chi connectivity index (χ0) is 14.5. The van der Waals surface area contributed by atoms with Gasteiger partial charge in [-0.2, -0.15) is 0 Å². The van der Waals surface area contributed by atoms with Gasteiger partial charge in [0.1, 0.15) is 5.75 Å².